The number of anilines is 1. The number of sulfonamides is 1. The fraction of sp³-hybridized carbons (Fsp3) is 0.357. The van der Waals surface area contributed by atoms with Gasteiger partial charge in [0.15, 0.2) is 10.7 Å². The molecule has 2 heterocycles. The Morgan fingerprint density at radius 2 is 1.78 bits per heavy atom. The minimum absolute atomic E-state index is 0.0549. The number of piperidine rings is 1. The molecule has 36 heavy (non-hydrogen) atoms. The van der Waals surface area contributed by atoms with E-state index in [0.29, 0.717) is 25.1 Å². The second-order valence-electron chi connectivity index (χ2n) is 9.65. The van der Waals surface area contributed by atoms with Crippen molar-refractivity contribution in [1.29, 1.82) is 0 Å². The summed E-state index contributed by atoms with van der Waals surface area (Å²) in [5.74, 6) is -0.422. The molecule has 1 N–H and O–H groups in total. The molecule has 0 unspecified atom stereocenters. The molecular formula is C28H33N3O4S. The summed E-state index contributed by atoms with van der Waals surface area (Å²) >= 11 is 0. The Morgan fingerprint density at radius 3 is 2.53 bits per heavy atom. The maximum absolute atomic E-state index is 13.7. The van der Waals surface area contributed by atoms with Crippen molar-refractivity contribution in [3.05, 3.63) is 75.7 Å². The van der Waals surface area contributed by atoms with Crippen LogP contribution in [-0.2, 0) is 14.8 Å². The van der Waals surface area contributed by atoms with E-state index >= 15 is 0 Å². The summed E-state index contributed by atoms with van der Waals surface area (Å²) < 4.78 is 34.2. The van der Waals surface area contributed by atoms with Crippen molar-refractivity contribution in [1.82, 2.24) is 9.46 Å². The first-order valence-electron chi connectivity index (χ1n) is 12.2. The highest BCUT2D eigenvalue weighted by Crippen LogP contribution is 2.30. The maximum Gasteiger partial charge on any atom is 0.248 e. The van der Waals surface area contributed by atoms with Crippen LogP contribution < -0.4 is 5.32 Å². The molecule has 1 saturated heterocycles. The van der Waals surface area contributed by atoms with Crippen molar-refractivity contribution < 1.29 is 17.7 Å². The number of aromatic nitrogens is 1. The summed E-state index contributed by atoms with van der Waals surface area (Å²) in [6.07, 6.45) is 4.73. The Bertz CT molecular complexity index is 1420. The molecule has 1 aliphatic rings. The smallest absolute Gasteiger partial charge is 0.248 e. The second kappa shape index (κ2) is 10.4. The summed E-state index contributed by atoms with van der Waals surface area (Å²) in [5, 5.41) is 6.90. The van der Waals surface area contributed by atoms with Crippen molar-refractivity contribution in [3.63, 3.8) is 0 Å². The Hall–Kier alpha value is -3.23. The van der Waals surface area contributed by atoms with Crippen LogP contribution in [0, 0.1) is 40.5 Å². The zero-order chi connectivity index (χ0) is 26.0. The summed E-state index contributed by atoms with van der Waals surface area (Å²) in [6, 6.07) is 11.8. The average Bonchev–Trinajstić information content (AvgIpc) is 3.23. The number of nitrogens with zero attached hydrogens (tertiary/aromatic N) is 2. The molecule has 190 valence electrons. The van der Waals surface area contributed by atoms with E-state index in [2.05, 4.69) is 10.5 Å². The molecule has 0 saturated carbocycles. The predicted octanol–water partition coefficient (Wildman–Crippen LogP) is 5.43. The molecule has 3 aromatic rings. The molecule has 0 bridgehead atoms. The van der Waals surface area contributed by atoms with Crippen molar-refractivity contribution in [3.8, 4) is 0 Å². The number of amides is 1. The summed E-state index contributed by atoms with van der Waals surface area (Å²) in [5.41, 5.74) is 6.42. The Kier molecular flexibility index (Phi) is 7.47. The Balaban J connectivity index is 1.54. The third kappa shape index (κ3) is 5.44. The van der Waals surface area contributed by atoms with Crippen molar-refractivity contribution >= 4 is 33.8 Å². The average molecular weight is 508 g/mol. The number of nitrogens with one attached hydrogen (secondary N) is 1. The lowest BCUT2D eigenvalue weighted by atomic mass is 9.98. The van der Waals surface area contributed by atoms with Gasteiger partial charge in [0.1, 0.15) is 5.69 Å². The SMILES string of the molecule is Cc1ccc(C)c(/C=C/c2onc(C)c2S(=O)(=O)N2CCC[C@@H](C(=O)Nc3ccc(C)c(C)c3)C2)c1. The van der Waals surface area contributed by atoms with Gasteiger partial charge < -0.3 is 9.84 Å². The van der Waals surface area contributed by atoms with Crippen LogP contribution in [-0.4, -0.2) is 36.9 Å². The largest absolute Gasteiger partial charge is 0.355 e. The van der Waals surface area contributed by atoms with Crippen molar-refractivity contribution in [2.45, 2.75) is 52.4 Å². The fourth-order valence-corrected chi connectivity index (χ4v) is 6.24. The highest BCUT2D eigenvalue weighted by atomic mass is 32.2. The van der Waals surface area contributed by atoms with Crippen LogP contribution in [0.4, 0.5) is 5.69 Å². The standard InChI is InChI=1S/C28H33N3O4S/c1-18-8-9-20(3)23(15-18)11-13-26-27(22(5)30-35-26)36(33,34)31-14-6-7-24(17-31)28(32)29-25-12-10-19(2)21(4)16-25/h8-13,15-16,24H,6-7,14,17H2,1-5H3,(H,29,32)/b13-11+/t24-/m1/s1. The first-order chi connectivity index (χ1) is 17.1. The van der Waals surface area contributed by atoms with Crippen LogP contribution in [0.5, 0.6) is 0 Å². The van der Waals surface area contributed by atoms with E-state index < -0.39 is 15.9 Å². The predicted molar refractivity (Wildman–Crippen MR) is 142 cm³/mol. The van der Waals surface area contributed by atoms with Crippen LogP contribution in [0.1, 0.15) is 52.1 Å². The molecule has 0 radical (unpaired) electrons. The lowest BCUT2D eigenvalue weighted by Crippen LogP contribution is -2.43. The number of carbonyl (C=O) groups excluding carboxylic acids is 1. The van der Waals surface area contributed by atoms with Gasteiger partial charge in [-0.05, 0) is 87.9 Å². The second-order valence-corrected chi connectivity index (χ2v) is 11.5. The molecule has 1 amide bonds. The van der Waals surface area contributed by atoms with Gasteiger partial charge in [0.2, 0.25) is 15.9 Å². The molecule has 2 aromatic carbocycles. The highest BCUT2D eigenvalue weighted by molar-refractivity contribution is 7.89. The quantitative estimate of drug-likeness (QED) is 0.481. The van der Waals surface area contributed by atoms with Gasteiger partial charge in [-0.3, -0.25) is 4.79 Å². The van der Waals surface area contributed by atoms with E-state index in [-0.39, 0.29) is 23.1 Å². The van der Waals surface area contributed by atoms with E-state index in [9.17, 15) is 13.2 Å². The van der Waals surface area contributed by atoms with E-state index in [1.165, 1.54) is 4.31 Å². The molecule has 1 aliphatic heterocycles. The van der Waals surface area contributed by atoms with Gasteiger partial charge >= 0.3 is 0 Å². The molecule has 0 aliphatic carbocycles. The van der Waals surface area contributed by atoms with Crippen LogP contribution in [0.25, 0.3) is 12.2 Å². The van der Waals surface area contributed by atoms with Crippen LogP contribution >= 0.6 is 0 Å². The summed E-state index contributed by atoms with van der Waals surface area (Å²) in [7, 11) is -3.91. The summed E-state index contributed by atoms with van der Waals surface area (Å²) in [4.78, 5) is 13.1. The number of hydrogen-bond acceptors (Lipinski definition) is 5. The lowest BCUT2D eigenvalue weighted by Gasteiger charge is -2.31. The molecule has 8 heteroatoms. The normalized spacial score (nSPS) is 17.0. The minimum Gasteiger partial charge on any atom is -0.355 e. The van der Waals surface area contributed by atoms with Gasteiger partial charge in [0, 0.05) is 18.8 Å². The zero-order valence-electron chi connectivity index (χ0n) is 21.5. The highest BCUT2D eigenvalue weighted by Gasteiger charge is 2.37. The number of rotatable bonds is 6. The van der Waals surface area contributed by atoms with Gasteiger partial charge in [0.25, 0.3) is 0 Å². The van der Waals surface area contributed by atoms with E-state index in [1.807, 2.05) is 70.2 Å². The van der Waals surface area contributed by atoms with E-state index in [4.69, 9.17) is 4.52 Å². The molecule has 4 rings (SSSR count). The molecular weight excluding hydrogens is 474 g/mol. The molecule has 0 spiro atoms. The van der Waals surface area contributed by atoms with E-state index in [0.717, 1.165) is 33.5 Å². The fourth-order valence-electron chi connectivity index (χ4n) is 4.47. The van der Waals surface area contributed by atoms with Crippen molar-refractivity contribution in [2.75, 3.05) is 18.4 Å². The lowest BCUT2D eigenvalue weighted by molar-refractivity contribution is -0.120. The molecule has 1 fully saturated rings. The summed E-state index contributed by atoms with van der Waals surface area (Å²) in [6.45, 7) is 10.1. The topological polar surface area (TPSA) is 92.5 Å². The van der Waals surface area contributed by atoms with Crippen LogP contribution in [0.3, 0.4) is 0 Å². The monoisotopic (exact) mass is 507 g/mol. The number of hydrogen-bond donors (Lipinski definition) is 1. The molecule has 7 nitrogen and oxygen atoms in total. The van der Waals surface area contributed by atoms with E-state index in [1.54, 1.807) is 13.0 Å². The third-order valence-corrected chi connectivity index (χ3v) is 8.83. The third-order valence-electron chi connectivity index (χ3n) is 6.81. The van der Waals surface area contributed by atoms with Gasteiger partial charge in [-0.1, -0.05) is 41.1 Å². The number of benzene rings is 2. The number of carbonyl (C=O) groups is 1. The van der Waals surface area contributed by atoms with Gasteiger partial charge in [-0.15, -0.1) is 0 Å². The molecule has 1 atom stereocenters. The first kappa shape index (κ1) is 25.9. The van der Waals surface area contributed by atoms with Crippen molar-refractivity contribution in [2.24, 2.45) is 5.92 Å². The molecule has 1 aromatic heterocycles. The first-order valence-corrected chi connectivity index (χ1v) is 13.6. The zero-order valence-corrected chi connectivity index (χ0v) is 22.3. The van der Waals surface area contributed by atoms with Crippen LogP contribution in [0.15, 0.2) is 45.8 Å². The maximum atomic E-state index is 13.7. The van der Waals surface area contributed by atoms with Gasteiger partial charge in [-0.2, -0.15) is 4.31 Å². The Morgan fingerprint density at radius 1 is 1.03 bits per heavy atom. The van der Waals surface area contributed by atoms with Gasteiger partial charge in [0.05, 0.1) is 5.92 Å². The van der Waals surface area contributed by atoms with Crippen LogP contribution in [0.2, 0.25) is 0 Å². The minimum atomic E-state index is -3.91. The number of aryl methyl sites for hydroxylation is 5. The Labute approximate surface area is 213 Å². The van der Waals surface area contributed by atoms with Gasteiger partial charge in [-0.25, -0.2) is 8.42 Å².